The molecule has 1 aromatic rings. The first-order valence-corrected chi connectivity index (χ1v) is 8.06. The van der Waals surface area contributed by atoms with Gasteiger partial charge in [0, 0.05) is 10.5 Å². The molecule has 1 aliphatic carbocycles. The molecule has 0 radical (unpaired) electrons. The summed E-state index contributed by atoms with van der Waals surface area (Å²) in [6.07, 6.45) is 2.22. The van der Waals surface area contributed by atoms with Crippen molar-refractivity contribution < 1.29 is 13.2 Å². The number of hydrogen-bond donors (Lipinski definition) is 3. The van der Waals surface area contributed by atoms with Crippen molar-refractivity contribution in [1.29, 1.82) is 0 Å². The van der Waals surface area contributed by atoms with Crippen molar-refractivity contribution in [2.24, 2.45) is 5.14 Å². The van der Waals surface area contributed by atoms with Gasteiger partial charge in [-0.3, -0.25) is 4.79 Å². The SMILES string of the molecule is NS(=O)(=O)c1ccc(NC(=O)CNC2CC2)c(Br)c1. The van der Waals surface area contributed by atoms with Crippen molar-refractivity contribution in [2.75, 3.05) is 11.9 Å². The Kier molecular flexibility index (Phi) is 4.24. The first kappa shape index (κ1) is 14.4. The van der Waals surface area contributed by atoms with E-state index in [4.69, 9.17) is 5.14 Å². The summed E-state index contributed by atoms with van der Waals surface area (Å²) in [6.45, 7) is 0.244. The molecule has 19 heavy (non-hydrogen) atoms. The molecule has 104 valence electrons. The summed E-state index contributed by atoms with van der Waals surface area (Å²) in [5, 5.41) is 10.8. The molecule has 1 amide bonds. The maximum absolute atomic E-state index is 11.6. The van der Waals surface area contributed by atoms with Crippen molar-refractivity contribution in [2.45, 2.75) is 23.8 Å². The molecule has 1 aromatic carbocycles. The summed E-state index contributed by atoms with van der Waals surface area (Å²) in [5.74, 6) is -0.170. The molecule has 0 spiro atoms. The quantitative estimate of drug-likeness (QED) is 0.732. The summed E-state index contributed by atoms with van der Waals surface area (Å²) in [7, 11) is -3.74. The number of nitrogens with one attached hydrogen (secondary N) is 2. The fourth-order valence-electron chi connectivity index (χ4n) is 1.49. The molecular weight excluding hydrogens is 334 g/mol. The predicted octanol–water partition coefficient (Wildman–Crippen LogP) is 0.787. The summed E-state index contributed by atoms with van der Waals surface area (Å²) in [4.78, 5) is 11.6. The van der Waals surface area contributed by atoms with Crippen molar-refractivity contribution in [3.63, 3.8) is 0 Å². The zero-order chi connectivity index (χ0) is 14.0. The van der Waals surface area contributed by atoms with Crippen LogP contribution < -0.4 is 15.8 Å². The van der Waals surface area contributed by atoms with Crippen molar-refractivity contribution in [3.8, 4) is 0 Å². The minimum atomic E-state index is -3.74. The standard InChI is InChI=1S/C11H14BrN3O3S/c12-9-5-8(19(13,17)18)3-4-10(9)15-11(16)6-14-7-1-2-7/h3-5,7,14H,1-2,6H2,(H,15,16)(H2,13,17,18). The van der Waals surface area contributed by atoms with E-state index in [-0.39, 0.29) is 17.3 Å². The Hall–Kier alpha value is -0.960. The number of amides is 1. The first-order chi connectivity index (χ1) is 8.86. The minimum Gasteiger partial charge on any atom is -0.324 e. The van der Waals surface area contributed by atoms with Crippen molar-refractivity contribution >= 4 is 37.5 Å². The molecule has 1 saturated carbocycles. The Balaban J connectivity index is 2.02. The van der Waals surface area contributed by atoms with Crippen LogP contribution in [0.2, 0.25) is 0 Å². The zero-order valence-electron chi connectivity index (χ0n) is 10.0. The number of hydrogen-bond acceptors (Lipinski definition) is 4. The van der Waals surface area contributed by atoms with Gasteiger partial charge in [-0.05, 0) is 47.0 Å². The highest BCUT2D eigenvalue weighted by Crippen LogP contribution is 2.25. The van der Waals surface area contributed by atoms with Crippen molar-refractivity contribution in [3.05, 3.63) is 22.7 Å². The lowest BCUT2D eigenvalue weighted by molar-refractivity contribution is -0.115. The van der Waals surface area contributed by atoms with E-state index in [0.717, 1.165) is 12.8 Å². The lowest BCUT2D eigenvalue weighted by Crippen LogP contribution is -2.29. The molecule has 6 nitrogen and oxygen atoms in total. The minimum absolute atomic E-state index is 0.00604. The fraction of sp³-hybridized carbons (Fsp3) is 0.364. The zero-order valence-corrected chi connectivity index (χ0v) is 12.4. The van der Waals surface area contributed by atoms with Crippen LogP contribution in [0.5, 0.6) is 0 Å². The van der Waals surface area contributed by atoms with Crippen LogP contribution in [0.3, 0.4) is 0 Å². The van der Waals surface area contributed by atoms with Crippen LogP contribution in [0.4, 0.5) is 5.69 Å². The van der Waals surface area contributed by atoms with Crippen LogP contribution in [-0.2, 0) is 14.8 Å². The van der Waals surface area contributed by atoms with Gasteiger partial charge in [-0.1, -0.05) is 0 Å². The van der Waals surface area contributed by atoms with E-state index < -0.39 is 10.0 Å². The second-order valence-electron chi connectivity index (χ2n) is 4.39. The number of primary sulfonamides is 1. The van der Waals surface area contributed by atoms with Crippen LogP contribution >= 0.6 is 15.9 Å². The lowest BCUT2D eigenvalue weighted by Gasteiger charge is -2.09. The average molecular weight is 348 g/mol. The molecule has 0 aliphatic heterocycles. The van der Waals surface area contributed by atoms with Crippen molar-refractivity contribution in [1.82, 2.24) is 5.32 Å². The van der Waals surface area contributed by atoms with E-state index in [1.54, 1.807) is 0 Å². The maximum atomic E-state index is 11.6. The second-order valence-corrected chi connectivity index (χ2v) is 6.81. The van der Waals surface area contributed by atoms with E-state index in [0.29, 0.717) is 16.2 Å². The van der Waals surface area contributed by atoms with Crippen LogP contribution in [0.1, 0.15) is 12.8 Å². The molecule has 2 rings (SSSR count). The summed E-state index contributed by atoms with van der Waals surface area (Å²) in [6, 6.07) is 4.67. The van der Waals surface area contributed by atoms with Gasteiger partial charge in [0.15, 0.2) is 0 Å². The van der Waals surface area contributed by atoms with Gasteiger partial charge in [0.2, 0.25) is 15.9 Å². The molecule has 0 saturated heterocycles. The molecule has 4 N–H and O–H groups in total. The molecule has 0 heterocycles. The topological polar surface area (TPSA) is 101 Å². The fourth-order valence-corrected chi connectivity index (χ4v) is 2.66. The van der Waals surface area contributed by atoms with E-state index in [1.807, 2.05) is 0 Å². The first-order valence-electron chi connectivity index (χ1n) is 5.72. The Morgan fingerprint density at radius 1 is 1.42 bits per heavy atom. The number of halogens is 1. The smallest absolute Gasteiger partial charge is 0.238 e. The van der Waals surface area contributed by atoms with Gasteiger partial charge in [0.1, 0.15) is 0 Å². The summed E-state index contributed by atoms with van der Waals surface area (Å²) >= 11 is 3.21. The third-order valence-electron chi connectivity index (χ3n) is 2.67. The highest BCUT2D eigenvalue weighted by atomic mass is 79.9. The van der Waals surface area contributed by atoms with Gasteiger partial charge < -0.3 is 10.6 Å². The van der Waals surface area contributed by atoms with E-state index >= 15 is 0 Å². The van der Waals surface area contributed by atoms with Gasteiger partial charge >= 0.3 is 0 Å². The molecular formula is C11H14BrN3O3S. The number of nitrogens with two attached hydrogens (primary N) is 1. The summed E-state index contributed by atoms with van der Waals surface area (Å²) < 4.78 is 22.8. The number of sulfonamides is 1. The molecule has 1 aliphatic rings. The second kappa shape index (κ2) is 5.58. The molecule has 1 fully saturated rings. The number of rotatable bonds is 5. The lowest BCUT2D eigenvalue weighted by atomic mass is 10.3. The normalized spacial score (nSPS) is 15.3. The van der Waals surface area contributed by atoms with Gasteiger partial charge in [-0.2, -0.15) is 0 Å². The van der Waals surface area contributed by atoms with Gasteiger partial charge in [-0.15, -0.1) is 0 Å². The van der Waals surface area contributed by atoms with E-state index in [2.05, 4.69) is 26.6 Å². The molecule has 0 atom stereocenters. The highest BCUT2D eigenvalue weighted by molar-refractivity contribution is 9.10. The Labute approximate surface area is 119 Å². The largest absolute Gasteiger partial charge is 0.324 e. The number of carbonyl (C=O) groups excluding carboxylic acids is 1. The monoisotopic (exact) mass is 347 g/mol. The number of benzene rings is 1. The number of carbonyl (C=O) groups is 1. The van der Waals surface area contributed by atoms with Crippen LogP contribution in [-0.4, -0.2) is 26.9 Å². The van der Waals surface area contributed by atoms with E-state index in [1.165, 1.54) is 18.2 Å². The molecule has 8 heteroatoms. The molecule has 0 unspecified atom stereocenters. The van der Waals surface area contributed by atoms with E-state index in [9.17, 15) is 13.2 Å². The third kappa shape index (κ3) is 4.27. The van der Waals surface area contributed by atoms with Crippen LogP contribution in [0, 0.1) is 0 Å². The maximum Gasteiger partial charge on any atom is 0.238 e. The van der Waals surface area contributed by atoms with Crippen LogP contribution in [0.25, 0.3) is 0 Å². The summed E-state index contributed by atoms with van der Waals surface area (Å²) in [5.41, 5.74) is 0.509. The predicted molar refractivity (Wildman–Crippen MR) is 75.2 cm³/mol. The van der Waals surface area contributed by atoms with Gasteiger partial charge in [-0.25, -0.2) is 13.6 Å². The highest BCUT2D eigenvalue weighted by Gasteiger charge is 2.21. The van der Waals surface area contributed by atoms with Gasteiger partial charge in [0.25, 0.3) is 0 Å². The number of anilines is 1. The Bertz CT molecular complexity index is 599. The Morgan fingerprint density at radius 2 is 2.11 bits per heavy atom. The average Bonchev–Trinajstić information content (AvgIpc) is 3.11. The third-order valence-corrected chi connectivity index (χ3v) is 4.24. The van der Waals surface area contributed by atoms with Gasteiger partial charge in [0.05, 0.1) is 17.1 Å². The molecule has 0 bridgehead atoms. The molecule has 0 aromatic heterocycles. The Morgan fingerprint density at radius 3 is 2.63 bits per heavy atom. The van der Waals surface area contributed by atoms with Crippen LogP contribution in [0.15, 0.2) is 27.6 Å².